The molecule has 5 heteroatoms. The van der Waals surface area contributed by atoms with Crippen LogP contribution in [0, 0.1) is 0 Å². The maximum absolute atomic E-state index is 5.67. The van der Waals surface area contributed by atoms with E-state index in [1.54, 1.807) is 12.4 Å². The Balaban J connectivity index is 2.06. The Labute approximate surface area is 125 Å². The summed E-state index contributed by atoms with van der Waals surface area (Å²) in [7, 11) is 1.99. The summed E-state index contributed by atoms with van der Waals surface area (Å²) in [5.41, 5.74) is 8.00. The fourth-order valence-electron chi connectivity index (χ4n) is 2.01. The summed E-state index contributed by atoms with van der Waals surface area (Å²) in [4.78, 5) is 10.7. The number of benzene rings is 1. The summed E-state index contributed by atoms with van der Waals surface area (Å²) in [6.07, 6.45) is 4.33. The van der Waals surface area contributed by atoms with Crippen molar-refractivity contribution >= 4 is 5.82 Å². The fraction of sp³-hybridized carbons (Fsp3) is 0.375. The molecule has 0 spiro atoms. The molecule has 0 fully saturated rings. The van der Waals surface area contributed by atoms with Gasteiger partial charge in [-0.2, -0.15) is 4.98 Å². The molecule has 2 rings (SSSR count). The molecule has 0 bridgehead atoms. The Morgan fingerprint density at radius 1 is 1.24 bits per heavy atom. The van der Waals surface area contributed by atoms with E-state index in [4.69, 9.17) is 10.5 Å². The molecule has 0 saturated heterocycles. The van der Waals surface area contributed by atoms with Gasteiger partial charge in [-0.15, -0.1) is 0 Å². The first kappa shape index (κ1) is 15.3. The number of nitrogens with zero attached hydrogens (tertiary/aromatic N) is 3. The highest BCUT2D eigenvalue weighted by Crippen LogP contribution is 2.16. The summed E-state index contributed by atoms with van der Waals surface area (Å²) < 4.78 is 5.52. The predicted octanol–water partition coefficient (Wildman–Crippen LogP) is 2.36. The van der Waals surface area contributed by atoms with Crippen molar-refractivity contribution in [2.45, 2.75) is 26.4 Å². The highest BCUT2D eigenvalue weighted by atomic mass is 16.5. The quantitative estimate of drug-likeness (QED) is 0.846. The van der Waals surface area contributed by atoms with Crippen LogP contribution in [-0.4, -0.2) is 23.6 Å². The van der Waals surface area contributed by atoms with Gasteiger partial charge >= 0.3 is 0 Å². The number of hydrogen-bond acceptors (Lipinski definition) is 5. The van der Waals surface area contributed by atoms with Gasteiger partial charge in [-0.3, -0.25) is 4.98 Å². The Morgan fingerprint density at radius 2 is 2.05 bits per heavy atom. The van der Waals surface area contributed by atoms with E-state index in [1.165, 1.54) is 5.56 Å². The van der Waals surface area contributed by atoms with E-state index in [2.05, 4.69) is 29.0 Å². The number of anilines is 1. The van der Waals surface area contributed by atoms with Crippen LogP contribution in [-0.2, 0) is 13.1 Å². The first-order valence-corrected chi connectivity index (χ1v) is 7.16. The van der Waals surface area contributed by atoms with E-state index in [0.29, 0.717) is 19.0 Å². The largest absolute Gasteiger partial charge is 0.477 e. The molecule has 0 saturated carbocycles. The van der Waals surface area contributed by atoms with E-state index >= 15 is 0 Å². The zero-order chi connectivity index (χ0) is 15.1. The fourth-order valence-corrected chi connectivity index (χ4v) is 2.01. The van der Waals surface area contributed by atoms with Crippen molar-refractivity contribution in [2.24, 2.45) is 5.73 Å². The van der Waals surface area contributed by atoms with Gasteiger partial charge < -0.3 is 15.4 Å². The second kappa shape index (κ2) is 7.59. The second-order valence-corrected chi connectivity index (χ2v) is 4.94. The van der Waals surface area contributed by atoms with Crippen LogP contribution in [0.3, 0.4) is 0 Å². The second-order valence-electron chi connectivity index (χ2n) is 4.94. The average molecular weight is 286 g/mol. The average Bonchev–Trinajstić information content (AvgIpc) is 2.53. The van der Waals surface area contributed by atoms with Gasteiger partial charge in [0.05, 0.1) is 19.0 Å². The van der Waals surface area contributed by atoms with Gasteiger partial charge in [0, 0.05) is 20.1 Å². The van der Waals surface area contributed by atoms with Crippen molar-refractivity contribution in [3.8, 4) is 5.88 Å². The molecule has 2 aromatic rings. The molecule has 21 heavy (non-hydrogen) atoms. The molecule has 112 valence electrons. The van der Waals surface area contributed by atoms with Crippen LogP contribution in [0.25, 0.3) is 0 Å². The Kier molecular flexibility index (Phi) is 5.51. The lowest BCUT2D eigenvalue weighted by atomic mass is 10.1. The minimum absolute atomic E-state index is 0.553. The van der Waals surface area contributed by atoms with Crippen molar-refractivity contribution in [1.82, 2.24) is 9.97 Å². The van der Waals surface area contributed by atoms with Crippen LogP contribution in [0.2, 0.25) is 0 Å². The maximum atomic E-state index is 5.67. The minimum atomic E-state index is 0.553. The lowest BCUT2D eigenvalue weighted by Crippen LogP contribution is -2.18. The molecule has 0 unspecified atom stereocenters. The number of nitrogens with two attached hydrogens (primary N) is 1. The van der Waals surface area contributed by atoms with E-state index in [0.717, 1.165) is 24.3 Å². The van der Waals surface area contributed by atoms with Crippen molar-refractivity contribution in [1.29, 1.82) is 0 Å². The van der Waals surface area contributed by atoms with E-state index in [1.807, 2.05) is 24.1 Å². The van der Waals surface area contributed by atoms with Gasteiger partial charge in [-0.05, 0) is 17.5 Å². The molecule has 5 nitrogen and oxygen atoms in total. The number of rotatable bonds is 7. The van der Waals surface area contributed by atoms with Gasteiger partial charge in [0.2, 0.25) is 5.88 Å². The molecule has 0 aliphatic heterocycles. The third-order valence-electron chi connectivity index (χ3n) is 3.09. The van der Waals surface area contributed by atoms with Crippen molar-refractivity contribution < 1.29 is 4.74 Å². The van der Waals surface area contributed by atoms with Gasteiger partial charge in [0.15, 0.2) is 5.82 Å². The molecule has 0 aliphatic rings. The van der Waals surface area contributed by atoms with E-state index in [-0.39, 0.29) is 0 Å². The molecule has 0 aliphatic carbocycles. The van der Waals surface area contributed by atoms with Crippen molar-refractivity contribution in [2.75, 3.05) is 18.6 Å². The van der Waals surface area contributed by atoms with E-state index in [9.17, 15) is 0 Å². The van der Waals surface area contributed by atoms with Crippen LogP contribution in [0.5, 0.6) is 5.88 Å². The van der Waals surface area contributed by atoms with Crippen molar-refractivity contribution in [3.05, 3.63) is 47.8 Å². The summed E-state index contributed by atoms with van der Waals surface area (Å²) >= 11 is 0. The molecular formula is C16H22N4O. The highest BCUT2D eigenvalue weighted by Gasteiger charge is 2.06. The van der Waals surface area contributed by atoms with Crippen LogP contribution in [0.15, 0.2) is 36.7 Å². The molecule has 1 aromatic heterocycles. The van der Waals surface area contributed by atoms with Gasteiger partial charge in [0.25, 0.3) is 0 Å². The highest BCUT2D eigenvalue weighted by molar-refractivity contribution is 5.38. The third-order valence-corrected chi connectivity index (χ3v) is 3.09. The molecule has 0 radical (unpaired) electrons. The van der Waals surface area contributed by atoms with Gasteiger partial charge in [-0.25, -0.2) is 0 Å². The third kappa shape index (κ3) is 4.43. The molecule has 2 N–H and O–H groups in total. The van der Waals surface area contributed by atoms with Crippen molar-refractivity contribution in [3.63, 3.8) is 0 Å². The topological polar surface area (TPSA) is 64.3 Å². The zero-order valence-electron chi connectivity index (χ0n) is 12.6. The Bertz CT molecular complexity index is 574. The SMILES string of the molecule is CCCOc1cncc(N(C)Cc2cccc(CN)c2)n1. The van der Waals surface area contributed by atoms with Crippen LogP contribution >= 0.6 is 0 Å². The van der Waals surface area contributed by atoms with Crippen LogP contribution in [0.1, 0.15) is 24.5 Å². The normalized spacial score (nSPS) is 10.4. The van der Waals surface area contributed by atoms with Gasteiger partial charge in [-0.1, -0.05) is 31.2 Å². The minimum Gasteiger partial charge on any atom is -0.477 e. The van der Waals surface area contributed by atoms with Crippen LogP contribution in [0.4, 0.5) is 5.82 Å². The summed E-state index contributed by atoms with van der Waals surface area (Å²) in [6.45, 7) is 4.02. The molecule has 1 aromatic carbocycles. The number of ether oxygens (including phenoxy) is 1. The summed E-state index contributed by atoms with van der Waals surface area (Å²) in [5.74, 6) is 1.36. The monoisotopic (exact) mass is 286 g/mol. The summed E-state index contributed by atoms with van der Waals surface area (Å²) in [6, 6.07) is 8.25. The standard InChI is InChI=1S/C16H22N4O/c1-3-7-21-16-11-18-10-15(19-16)20(2)12-14-6-4-5-13(8-14)9-17/h4-6,8,10-11H,3,7,9,12,17H2,1-2H3. The summed E-state index contributed by atoms with van der Waals surface area (Å²) in [5, 5.41) is 0. The number of aromatic nitrogens is 2. The van der Waals surface area contributed by atoms with Gasteiger partial charge in [0.1, 0.15) is 0 Å². The lowest BCUT2D eigenvalue weighted by molar-refractivity contribution is 0.304. The Morgan fingerprint density at radius 3 is 2.81 bits per heavy atom. The van der Waals surface area contributed by atoms with E-state index < -0.39 is 0 Å². The first-order chi connectivity index (χ1) is 10.2. The smallest absolute Gasteiger partial charge is 0.234 e. The first-order valence-electron chi connectivity index (χ1n) is 7.16. The molecule has 0 amide bonds. The maximum Gasteiger partial charge on any atom is 0.234 e. The molecule has 1 heterocycles. The molecule has 0 atom stereocenters. The lowest BCUT2D eigenvalue weighted by Gasteiger charge is -2.18. The zero-order valence-corrected chi connectivity index (χ0v) is 12.6. The van der Waals surface area contributed by atoms with Crippen LogP contribution < -0.4 is 15.4 Å². The number of hydrogen-bond donors (Lipinski definition) is 1. The molecular weight excluding hydrogens is 264 g/mol. The predicted molar refractivity (Wildman–Crippen MR) is 84.3 cm³/mol. The Hall–Kier alpha value is -2.14.